The minimum Gasteiger partial charge on any atom is -0.495 e. The maximum absolute atomic E-state index is 6.00. The fourth-order valence-electron chi connectivity index (χ4n) is 1.26. The largest absolute Gasteiger partial charge is 0.495 e. The zero-order valence-electron chi connectivity index (χ0n) is 11.2. The zero-order valence-corrected chi connectivity index (χ0v) is 14.3. The molecule has 0 unspecified atom stereocenters. The molecule has 0 amide bonds. The maximum atomic E-state index is 6.00. The molecule has 0 fully saturated rings. The van der Waals surface area contributed by atoms with Crippen molar-refractivity contribution in [2.24, 2.45) is 10.7 Å². The second-order valence-corrected chi connectivity index (χ2v) is 4.39. The van der Waals surface area contributed by atoms with Crippen molar-refractivity contribution in [1.29, 1.82) is 0 Å². The average molecular weight is 396 g/mol. The molecule has 106 valence electrons. The second kappa shape index (κ2) is 9.03. The minimum atomic E-state index is 0. The highest BCUT2D eigenvalue weighted by molar-refractivity contribution is 14.0. The molecule has 0 heterocycles. The standard InChI is InChI=1S/C13H18ClN3O.HI/c1-9(2)6-7-16-13(15)17-10-4-5-12(18-3)11(14)8-10;/h4-6,8H,7H2,1-3H3,(H3,15,16,17);1H. The molecule has 6 heteroatoms. The van der Waals surface area contributed by atoms with Crippen molar-refractivity contribution in [3.63, 3.8) is 0 Å². The van der Waals surface area contributed by atoms with Crippen LogP contribution in [0.5, 0.6) is 5.75 Å². The van der Waals surface area contributed by atoms with Crippen LogP contribution in [-0.2, 0) is 0 Å². The molecule has 0 atom stereocenters. The van der Waals surface area contributed by atoms with Gasteiger partial charge in [0.2, 0.25) is 0 Å². The first-order valence-corrected chi connectivity index (χ1v) is 5.94. The van der Waals surface area contributed by atoms with E-state index in [1.807, 2.05) is 26.0 Å². The summed E-state index contributed by atoms with van der Waals surface area (Å²) in [5.41, 5.74) is 7.73. The van der Waals surface area contributed by atoms with E-state index in [4.69, 9.17) is 22.1 Å². The molecule has 1 rings (SSSR count). The highest BCUT2D eigenvalue weighted by atomic mass is 127. The molecule has 1 aromatic rings. The molecule has 0 aliphatic rings. The van der Waals surface area contributed by atoms with Gasteiger partial charge in [0.1, 0.15) is 5.75 Å². The van der Waals surface area contributed by atoms with Gasteiger partial charge in [0.15, 0.2) is 5.96 Å². The van der Waals surface area contributed by atoms with Gasteiger partial charge in [-0.3, -0.25) is 0 Å². The van der Waals surface area contributed by atoms with Crippen LogP contribution < -0.4 is 15.8 Å². The van der Waals surface area contributed by atoms with Crippen molar-refractivity contribution in [1.82, 2.24) is 0 Å². The van der Waals surface area contributed by atoms with E-state index in [0.717, 1.165) is 5.69 Å². The molecule has 0 bridgehead atoms. The average Bonchev–Trinajstić information content (AvgIpc) is 2.28. The third-order valence-corrected chi connectivity index (χ3v) is 2.48. The summed E-state index contributed by atoms with van der Waals surface area (Å²) in [5.74, 6) is 0.982. The van der Waals surface area contributed by atoms with Crippen LogP contribution in [0.1, 0.15) is 13.8 Å². The van der Waals surface area contributed by atoms with Crippen molar-refractivity contribution < 1.29 is 4.74 Å². The first-order valence-electron chi connectivity index (χ1n) is 5.56. The van der Waals surface area contributed by atoms with Crippen LogP contribution in [0, 0.1) is 0 Å². The third kappa shape index (κ3) is 6.68. The fraction of sp³-hybridized carbons (Fsp3) is 0.308. The summed E-state index contributed by atoms with van der Waals surface area (Å²) < 4.78 is 5.07. The van der Waals surface area contributed by atoms with Crippen LogP contribution in [0.3, 0.4) is 0 Å². The predicted octanol–water partition coefficient (Wildman–Crippen LogP) is 3.66. The molecule has 1 aromatic carbocycles. The van der Waals surface area contributed by atoms with Crippen molar-refractivity contribution in [3.05, 3.63) is 34.9 Å². The van der Waals surface area contributed by atoms with Gasteiger partial charge < -0.3 is 15.8 Å². The fourth-order valence-corrected chi connectivity index (χ4v) is 1.52. The van der Waals surface area contributed by atoms with Gasteiger partial charge in [-0.2, -0.15) is 0 Å². The Morgan fingerprint density at radius 3 is 2.68 bits per heavy atom. The van der Waals surface area contributed by atoms with E-state index in [2.05, 4.69) is 10.3 Å². The summed E-state index contributed by atoms with van der Waals surface area (Å²) in [4.78, 5) is 4.16. The summed E-state index contributed by atoms with van der Waals surface area (Å²) in [6, 6.07) is 5.34. The van der Waals surface area contributed by atoms with E-state index >= 15 is 0 Å². The zero-order chi connectivity index (χ0) is 13.5. The molecule has 0 aliphatic heterocycles. The van der Waals surface area contributed by atoms with Crippen LogP contribution >= 0.6 is 35.6 Å². The van der Waals surface area contributed by atoms with Crippen molar-refractivity contribution in [2.75, 3.05) is 19.0 Å². The lowest BCUT2D eigenvalue weighted by molar-refractivity contribution is 0.415. The lowest BCUT2D eigenvalue weighted by atomic mass is 10.3. The number of aliphatic imine (C=N–C) groups is 1. The van der Waals surface area contributed by atoms with Gasteiger partial charge in [-0.05, 0) is 32.0 Å². The number of benzene rings is 1. The number of guanidine groups is 1. The lowest BCUT2D eigenvalue weighted by Gasteiger charge is -2.08. The number of ether oxygens (including phenoxy) is 1. The molecule has 0 spiro atoms. The molecule has 0 radical (unpaired) electrons. The van der Waals surface area contributed by atoms with Gasteiger partial charge in [-0.25, -0.2) is 4.99 Å². The molecular formula is C13H19ClIN3O. The Labute approximate surface area is 136 Å². The Bertz CT molecular complexity index is 471. The summed E-state index contributed by atoms with van der Waals surface area (Å²) >= 11 is 6.00. The minimum absolute atomic E-state index is 0. The van der Waals surface area contributed by atoms with Crippen LogP contribution in [-0.4, -0.2) is 19.6 Å². The molecule has 0 aromatic heterocycles. The Morgan fingerprint density at radius 2 is 2.16 bits per heavy atom. The number of nitrogens with zero attached hydrogens (tertiary/aromatic N) is 1. The van der Waals surface area contributed by atoms with Crippen LogP contribution in [0.4, 0.5) is 5.69 Å². The number of nitrogens with two attached hydrogens (primary N) is 1. The van der Waals surface area contributed by atoms with E-state index in [1.54, 1.807) is 19.2 Å². The Hall–Kier alpha value is -0.950. The van der Waals surface area contributed by atoms with Crippen molar-refractivity contribution in [3.8, 4) is 5.75 Å². The van der Waals surface area contributed by atoms with Gasteiger partial charge >= 0.3 is 0 Å². The van der Waals surface area contributed by atoms with E-state index in [9.17, 15) is 0 Å². The molecule has 0 saturated heterocycles. The van der Waals surface area contributed by atoms with Crippen LogP contribution in [0.15, 0.2) is 34.8 Å². The first kappa shape index (κ1) is 18.0. The number of nitrogens with one attached hydrogen (secondary N) is 1. The monoisotopic (exact) mass is 395 g/mol. The number of hydrogen-bond acceptors (Lipinski definition) is 2. The number of allylic oxidation sites excluding steroid dienone is 1. The molecule has 0 saturated carbocycles. The normalized spacial score (nSPS) is 10.4. The summed E-state index contributed by atoms with van der Waals surface area (Å²) in [6.45, 7) is 4.59. The van der Waals surface area contributed by atoms with Gasteiger partial charge in [0.05, 0.1) is 18.7 Å². The second-order valence-electron chi connectivity index (χ2n) is 3.98. The summed E-state index contributed by atoms with van der Waals surface area (Å²) in [6.07, 6.45) is 2.00. The SMILES string of the molecule is COc1ccc(NC(N)=NCC=C(C)C)cc1Cl.I. The van der Waals surface area contributed by atoms with E-state index in [0.29, 0.717) is 23.3 Å². The van der Waals surface area contributed by atoms with Crippen LogP contribution in [0.2, 0.25) is 5.02 Å². The summed E-state index contributed by atoms with van der Waals surface area (Å²) in [5, 5.41) is 3.49. The maximum Gasteiger partial charge on any atom is 0.193 e. The first-order chi connectivity index (χ1) is 8.52. The van der Waals surface area contributed by atoms with Gasteiger partial charge in [-0.15, -0.1) is 24.0 Å². The smallest absolute Gasteiger partial charge is 0.193 e. The van der Waals surface area contributed by atoms with E-state index in [1.165, 1.54) is 5.57 Å². The highest BCUT2D eigenvalue weighted by Crippen LogP contribution is 2.26. The molecule has 3 N–H and O–H groups in total. The third-order valence-electron chi connectivity index (χ3n) is 2.19. The van der Waals surface area contributed by atoms with Gasteiger partial charge in [-0.1, -0.05) is 23.3 Å². The van der Waals surface area contributed by atoms with Crippen LogP contribution in [0.25, 0.3) is 0 Å². The molecule has 19 heavy (non-hydrogen) atoms. The quantitative estimate of drug-likeness (QED) is 0.354. The Kier molecular flexibility index (Phi) is 8.58. The molecular weight excluding hydrogens is 377 g/mol. The van der Waals surface area contributed by atoms with Crippen molar-refractivity contribution in [2.45, 2.75) is 13.8 Å². The summed E-state index contributed by atoms with van der Waals surface area (Å²) in [7, 11) is 1.57. The van der Waals surface area contributed by atoms with Gasteiger partial charge in [0, 0.05) is 5.69 Å². The number of halogens is 2. The molecule has 0 aliphatic carbocycles. The predicted molar refractivity (Wildman–Crippen MR) is 93.0 cm³/mol. The van der Waals surface area contributed by atoms with Crippen molar-refractivity contribution >= 4 is 47.2 Å². The highest BCUT2D eigenvalue weighted by Gasteiger charge is 2.02. The van der Waals surface area contributed by atoms with E-state index < -0.39 is 0 Å². The number of rotatable bonds is 4. The Morgan fingerprint density at radius 1 is 1.47 bits per heavy atom. The number of hydrogen-bond donors (Lipinski definition) is 2. The number of anilines is 1. The number of methoxy groups -OCH3 is 1. The van der Waals surface area contributed by atoms with E-state index in [-0.39, 0.29) is 24.0 Å². The van der Waals surface area contributed by atoms with Gasteiger partial charge in [0.25, 0.3) is 0 Å². The topological polar surface area (TPSA) is 59.6 Å². The Balaban J connectivity index is 0.00000324. The lowest BCUT2D eigenvalue weighted by Crippen LogP contribution is -2.22. The molecule has 4 nitrogen and oxygen atoms in total.